The Morgan fingerprint density at radius 3 is 2.35 bits per heavy atom. The minimum atomic E-state index is 0.438. The van der Waals surface area contributed by atoms with Gasteiger partial charge in [0.25, 0.3) is 0 Å². The van der Waals surface area contributed by atoms with Crippen LogP contribution in [-0.4, -0.2) is 52.1 Å². The summed E-state index contributed by atoms with van der Waals surface area (Å²) in [6.45, 7) is 5.36. The maximum absolute atomic E-state index is 4.89. The summed E-state index contributed by atoms with van der Waals surface area (Å²) < 4.78 is 0. The molecule has 31 heavy (non-hydrogen) atoms. The van der Waals surface area contributed by atoms with Crippen molar-refractivity contribution in [1.29, 1.82) is 0 Å². The molecular weight excluding hydrogens is 384 g/mol. The van der Waals surface area contributed by atoms with Gasteiger partial charge in [0.2, 0.25) is 5.95 Å². The largest absolute Gasteiger partial charge is 0.367 e. The molecule has 0 amide bonds. The molecule has 1 aromatic heterocycles. The van der Waals surface area contributed by atoms with E-state index in [2.05, 4.69) is 69.2 Å². The van der Waals surface area contributed by atoms with Crippen molar-refractivity contribution >= 4 is 22.7 Å². The van der Waals surface area contributed by atoms with E-state index in [0.717, 1.165) is 62.3 Å². The average molecular weight is 417 g/mol. The number of hydrogen-bond donors (Lipinski definition) is 2. The van der Waals surface area contributed by atoms with Crippen LogP contribution in [0.5, 0.6) is 0 Å². The van der Waals surface area contributed by atoms with Gasteiger partial charge in [-0.3, -0.25) is 10.3 Å². The fourth-order valence-electron chi connectivity index (χ4n) is 4.65. The van der Waals surface area contributed by atoms with Crippen LogP contribution >= 0.6 is 0 Å². The van der Waals surface area contributed by atoms with Gasteiger partial charge in [-0.15, -0.1) is 0 Å². The lowest BCUT2D eigenvalue weighted by Crippen LogP contribution is -2.39. The zero-order valence-corrected chi connectivity index (χ0v) is 18.1. The lowest BCUT2D eigenvalue weighted by molar-refractivity contribution is 0.211. The number of fused-ring (bicyclic) bond motifs is 1. The molecule has 5 rings (SSSR count). The topological polar surface area (TPSA) is 56.3 Å². The summed E-state index contributed by atoms with van der Waals surface area (Å²) in [7, 11) is 0. The first-order chi connectivity index (χ1) is 15.3. The van der Waals surface area contributed by atoms with E-state index in [-0.39, 0.29) is 0 Å². The number of nitrogens with one attached hydrogen (secondary N) is 2. The van der Waals surface area contributed by atoms with E-state index in [1.165, 1.54) is 24.8 Å². The molecule has 3 heterocycles. The number of para-hydroxylation sites is 1. The maximum atomic E-state index is 4.89. The van der Waals surface area contributed by atoms with E-state index >= 15 is 0 Å². The van der Waals surface area contributed by atoms with Crippen molar-refractivity contribution in [1.82, 2.24) is 19.9 Å². The minimum absolute atomic E-state index is 0.438. The van der Waals surface area contributed by atoms with Gasteiger partial charge in [-0.05, 0) is 43.4 Å². The average Bonchev–Trinajstić information content (AvgIpc) is 2.82. The second-order valence-corrected chi connectivity index (χ2v) is 8.75. The second kappa shape index (κ2) is 9.62. The lowest BCUT2D eigenvalue weighted by atomic mass is 10.0. The van der Waals surface area contributed by atoms with Crippen LogP contribution < -0.4 is 10.7 Å². The second-order valence-electron chi connectivity index (χ2n) is 8.75. The first-order valence-electron chi connectivity index (χ1n) is 11.6. The maximum Gasteiger partial charge on any atom is 0.240 e. The summed E-state index contributed by atoms with van der Waals surface area (Å²) in [6.07, 6.45) is 6.02. The molecule has 162 valence electrons. The molecule has 0 saturated carbocycles. The highest BCUT2D eigenvalue weighted by molar-refractivity contribution is 5.90. The zero-order chi connectivity index (χ0) is 20.9. The standard InChI is InChI=1S/C25H32N6/c1-3-9-20(10-4-1)19-30-17-13-21(14-18-30)26-24-22-11-5-6-12-23(22)27-25(28-24)29-31-15-7-2-8-16-31/h1,3-6,9-12,21H,2,7-8,13-19H2,(H2,26,27,28,29). The van der Waals surface area contributed by atoms with Gasteiger partial charge in [-0.2, -0.15) is 4.98 Å². The molecule has 0 radical (unpaired) electrons. The Kier molecular flexibility index (Phi) is 6.27. The van der Waals surface area contributed by atoms with Crippen LogP contribution in [0.1, 0.15) is 37.7 Å². The molecule has 2 saturated heterocycles. The molecule has 0 unspecified atom stereocenters. The van der Waals surface area contributed by atoms with Crippen LogP contribution in [0, 0.1) is 0 Å². The third-order valence-corrected chi connectivity index (χ3v) is 6.39. The van der Waals surface area contributed by atoms with Gasteiger partial charge < -0.3 is 5.32 Å². The highest BCUT2D eigenvalue weighted by atomic mass is 15.5. The summed E-state index contributed by atoms with van der Waals surface area (Å²) in [5, 5.41) is 7.09. The molecule has 2 N–H and O–H groups in total. The molecule has 0 aliphatic carbocycles. The number of likely N-dealkylation sites (tertiary alicyclic amines) is 1. The van der Waals surface area contributed by atoms with E-state index in [1.54, 1.807) is 0 Å². The Hall–Kier alpha value is -2.70. The van der Waals surface area contributed by atoms with Crippen LogP contribution in [0.15, 0.2) is 54.6 Å². The van der Waals surface area contributed by atoms with Crippen LogP contribution in [0.25, 0.3) is 10.9 Å². The molecule has 2 aliphatic heterocycles. The van der Waals surface area contributed by atoms with Gasteiger partial charge in [0, 0.05) is 44.2 Å². The first-order valence-corrected chi connectivity index (χ1v) is 11.6. The Balaban J connectivity index is 1.26. The summed E-state index contributed by atoms with van der Waals surface area (Å²) in [5.41, 5.74) is 5.83. The Morgan fingerprint density at radius 1 is 0.806 bits per heavy atom. The third-order valence-electron chi connectivity index (χ3n) is 6.39. The predicted molar refractivity (Wildman–Crippen MR) is 127 cm³/mol. The minimum Gasteiger partial charge on any atom is -0.367 e. The van der Waals surface area contributed by atoms with Gasteiger partial charge in [0.1, 0.15) is 5.82 Å². The van der Waals surface area contributed by atoms with Crippen molar-refractivity contribution in [3.8, 4) is 0 Å². The number of hydrogen-bond acceptors (Lipinski definition) is 6. The molecule has 0 spiro atoms. The van der Waals surface area contributed by atoms with E-state index in [0.29, 0.717) is 12.0 Å². The van der Waals surface area contributed by atoms with Gasteiger partial charge in [0.15, 0.2) is 0 Å². The van der Waals surface area contributed by atoms with Crippen LogP contribution in [0.4, 0.5) is 11.8 Å². The first kappa shape index (κ1) is 20.2. The zero-order valence-electron chi connectivity index (χ0n) is 18.1. The van der Waals surface area contributed by atoms with Crippen LogP contribution in [0.3, 0.4) is 0 Å². The highest BCUT2D eigenvalue weighted by Crippen LogP contribution is 2.25. The van der Waals surface area contributed by atoms with Crippen molar-refractivity contribution in [2.75, 3.05) is 36.9 Å². The number of benzene rings is 2. The molecule has 3 aromatic rings. The monoisotopic (exact) mass is 416 g/mol. The number of hydrazine groups is 1. The van der Waals surface area contributed by atoms with Gasteiger partial charge in [-0.25, -0.2) is 9.99 Å². The van der Waals surface area contributed by atoms with Gasteiger partial charge in [0.05, 0.1) is 5.52 Å². The highest BCUT2D eigenvalue weighted by Gasteiger charge is 2.21. The third kappa shape index (κ3) is 5.14. The summed E-state index contributed by atoms with van der Waals surface area (Å²) >= 11 is 0. The number of nitrogens with zero attached hydrogens (tertiary/aromatic N) is 4. The normalized spacial score (nSPS) is 18.8. The van der Waals surface area contributed by atoms with Crippen molar-refractivity contribution < 1.29 is 0 Å². The Labute approximate surface area is 184 Å². The molecule has 0 bridgehead atoms. The molecule has 2 aliphatic rings. The van der Waals surface area contributed by atoms with Crippen molar-refractivity contribution in [2.45, 2.75) is 44.7 Å². The molecule has 0 atom stereocenters. The predicted octanol–water partition coefficient (Wildman–Crippen LogP) is 4.52. The van der Waals surface area contributed by atoms with E-state index in [9.17, 15) is 0 Å². The number of aromatic nitrogens is 2. The Morgan fingerprint density at radius 2 is 1.55 bits per heavy atom. The molecular formula is C25H32N6. The SMILES string of the molecule is c1ccc(CN2CCC(Nc3nc(NN4CCCCC4)nc4ccccc34)CC2)cc1. The van der Waals surface area contributed by atoms with Gasteiger partial charge >= 0.3 is 0 Å². The smallest absolute Gasteiger partial charge is 0.240 e. The van der Waals surface area contributed by atoms with E-state index in [1.807, 2.05) is 6.07 Å². The quantitative estimate of drug-likeness (QED) is 0.616. The molecule has 6 nitrogen and oxygen atoms in total. The number of anilines is 2. The summed E-state index contributed by atoms with van der Waals surface area (Å²) in [5.74, 6) is 1.65. The van der Waals surface area contributed by atoms with E-state index in [4.69, 9.17) is 9.97 Å². The summed E-state index contributed by atoms with van der Waals surface area (Å²) in [6, 6.07) is 19.5. The van der Waals surface area contributed by atoms with Crippen LogP contribution in [-0.2, 0) is 6.54 Å². The fourth-order valence-corrected chi connectivity index (χ4v) is 4.65. The molecule has 2 aromatic carbocycles. The summed E-state index contributed by atoms with van der Waals surface area (Å²) in [4.78, 5) is 12.2. The fraction of sp³-hybridized carbons (Fsp3) is 0.440. The molecule has 6 heteroatoms. The Bertz CT molecular complexity index is 978. The van der Waals surface area contributed by atoms with Crippen LogP contribution in [0.2, 0.25) is 0 Å². The van der Waals surface area contributed by atoms with Gasteiger partial charge in [-0.1, -0.05) is 48.9 Å². The van der Waals surface area contributed by atoms with E-state index < -0.39 is 0 Å². The van der Waals surface area contributed by atoms with Crippen molar-refractivity contribution in [2.24, 2.45) is 0 Å². The lowest BCUT2D eigenvalue weighted by Gasteiger charge is -2.33. The van der Waals surface area contributed by atoms with Crippen molar-refractivity contribution in [3.05, 3.63) is 60.2 Å². The molecule has 2 fully saturated rings. The number of piperidine rings is 2. The number of rotatable bonds is 6. The van der Waals surface area contributed by atoms with Crippen molar-refractivity contribution in [3.63, 3.8) is 0 Å².